The first-order valence-corrected chi connectivity index (χ1v) is 8.15. The Bertz CT molecular complexity index is 648. The third-order valence-electron chi connectivity index (χ3n) is 3.12. The Labute approximate surface area is 166 Å². The van der Waals surface area contributed by atoms with Crippen molar-refractivity contribution in [1.82, 2.24) is 0 Å². The predicted molar refractivity (Wildman–Crippen MR) is 114 cm³/mol. The zero-order valence-electron chi connectivity index (χ0n) is 14.6. The summed E-state index contributed by atoms with van der Waals surface area (Å²) in [5.41, 5.74) is 6.74. The smallest absolute Gasteiger partial charge is 0.193 e. The van der Waals surface area contributed by atoms with Crippen LogP contribution in [0, 0.1) is 0 Å². The number of nitrogens with one attached hydrogen (secondary N) is 1. The molecule has 0 atom stereocenters. The molecule has 0 aliphatic heterocycles. The summed E-state index contributed by atoms with van der Waals surface area (Å²) in [6.07, 6.45) is 1.09. The summed E-state index contributed by atoms with van der Waals surface area (Å²) in [4.78, 5) is 4.29. The van der Waals surface area contributed by atoms with E-state index in [2.05, 4.69) is 10.3 Å². The van der Waals surface area contributed by atoms with Crippen molar-refractivity contribution in [2.75, 3.05) is 18.5 Å². The molecule has 0 saturated heterocycles. The van der Waals surface area contributed by atoms with E-state index in [1.165, 1.54) is 0 Å². The Morgan fingerprint density at radius 2 is 1.80 bits per heavy atom. The molecule has 0 aliphatic rings. The fraction of sp³-hybridized carbons (Fsp3) is 0.316. The molecule has 0 amide bonds. The zero-order valence-corrected chi connectivity index (χ0v) is 17.0. The summed E-state index contributed by atoms with van der Waals surface area (Å²) in [6.45, 7) is 5.36. The van der Waals surface area contributed by atoms with Gasteiger partial charge in [-0.15, -0.1) is 24.0 Å². The molecule has 5 nitrogen and oxygen atoms in total. The maximum Gasteiger partial charge on any atom is 0.193 e. The van der Waals surface area contributed by atoms with Crippen molar-refractivity contribution in [2.45, 2.75) is 26.4 Å². The molecule has 0 spiro atoms. The highest BCUT2D eigenvalue weighted by Crippen LogP contribution is 2.23. The van der Waals surface area contributed by atoms with Crippen LogP contribution in [0.2, 0.25) is 0 Å². The van der Waals surface area contributed by atoms with Crippen molar-refractivity contribution in [3.05, 3.63) is 54.6 Å². The lowest BCUT2D eigenvalue weighted by atomic mass is 10.3. The molecular formula is C19H26IN3O2. The van der Waals surface area contributed by atoms with Crippen LogP contribution in [-0.4, -0.2) is 25.2 Å². The molecule has 2 rings (SSSR count). The summed E-state index contributed by atoms with van der Waals surface area (Å²) in [6, 6.07) is 17.3. The van der Waals surface area contributed by atoms with Gasteiger partial charge in [-0.2, -0.15) is 0 Å². The Balaban J connectivity index is 0.00000312. The number of halogens is 1. The molecular weight excluding hydrogens is 429 g/mol. The van der Waals surface area contributed by atoms with Gasteiger partial charge >= 0.3 is 0 Å². The number of benzene rings is 2. The number of nitrogens with two attached hydrogens (primary N) is 1. The fourth-order valence-corrected chi connectivity index (χ4v) is 2.03. The van der Waals surface area contributed by atoms with E-state index in [1.54, 1.807) is 0 Å². The van der Waals surface area contributed by atoms with E-state index in [-0.39, 0.29) is 30.1 Å². The standard InChI is InChI=1S/C19H25N3O2.HI/c1-15(2)23-13-7-12-21-19(20)22-16-8-6-11-18(14-16)24-17-9-4-3-5-10-17;/h3-6,8-11,14-15H,7,12-13H2,1-2H3,(H3,20,21,22);1H. The Morgan fingerprint density at radius 1 is 1.08 bits per heavy atom. The van der Waals surface area contributed by atoms with Crippen LogP contribution in [0.15, 0.2) is 59.6 Å². The molecule has 136 valence electrons. The Hall–Kier alpha value is -1.80. The second-order valence-corrected chi connectivity index (χ2v) is 5.61. The molecule has 0 fully saturated rings. The second-order valence-electron chi connectivity index (χ2n) is 5.61. The number of para-hydroxylation sites is 1. The van der Waals surface area contributed by atoms with Gasteiger partial charge in [-0.3, -0.25) is 4.99 Å². The SMILES string of the molecule is CC(C)OCCCN=C(N)Nc1cccc(Oc2ccccc2)c1.I. The predicted octanol–water partition coefficient (Wildman–Crippen LogP) is 4.64. The van der Waals surface area contributed by atoms with E-state index in [0.717, 1.165) is 23.6 Å². The number of hydrogen-bond donors (Lipinski definition) is 2. The minimum atomic E-state index is 0. The number of aliphatic imine (C=N–C) groups is 1. The van der Waals surface area contributed by atoms with Crippen molar-refractivity contribution in [3.8, 4) is 11.5 Å². The Morgan fingerprint density at radius 3 is 2.52 bits per heavy atom. The van der Waals surface area contributed by atoms with Crippen LogP contribution >= 0.6 is 24.0 Å². The number of ether oxygens (including phenoxy) is 2. The summed E-state index contributed by atoms with van der Waals surface area (Å²) in [5, 5.41) is 3.07. The van der Waals surface area contributed by atoms with E-state index >= 15 is 0 Å². The van der Waals surface area contributed by atoms with Crippen LogP contribution in [0.3, 0.4) is 0 Å². The van der Waals surface area contributed by atoms with Crippen molar-refractivity contribution in [1.29, 1.82) is 0 Å². The average molecular weight is 455 g/mol. The third-order valence-corrected chi connectivity index (χ3v) is 3.12. The Kier molecular flexibility index (Phi) is 9.94. The first-order valence-electron chi connectivity index (χ1n) is 8.15. The molecule has 0 radical (unpaired) electrons. The summed E-state index contributed by atoms with van der Waals surface area (Å²) >= 11 is 0. The van der Waals surface area contributed by atoms with Crippen molar-refractivity contribution < 1.29 is 9.47 Å². The molecule has 0 unspecified atom stereocenters. The van der Waals surface area contributed by atoms with Gasteiger partial charge in [-0.25, -0.2) is 0 Å². The minimum absolute atomic E-state index is 0. The highest BCUT2D eigenvalue weighted by atomic mass is 127. The van der Waals surface area contributed by atoms with E-state index in [4.69, 9.17) is 15.2 Å². The number of nitrogens with zero attached hydrogens (tertiary/aromatic N) is 1. The fourth-order valence-electron chi connectivity index (χ4n) is 2.03. The van der Waals surface area contributed by atoms with Gasteiger partial charge in [0.05, 0.1) is 6.10 Å². The van der Waals surface area contributed by atoms with Crippen LogP contribution in [0.4, 0.5) is 5.69 Å². The second kappa shape index (κ2) is 11.7. The third kappa shape index (κ3) is 8.74. The number of guanidine groups is 1. The van der Waals surface area contributed by atoms with Gasteiger partial charge in [0.15, 0.2) is 5.96 Å². The van der Waals surface area contributed by atoms with Crippen LogP contribution in [0.1, 0.15) is 20.3 Å². The highest BCUT2D eigenvalue weighted by Gasteiger charge is 2.00. The van der Waals surface area contributed by atoms with E-state index in [1.807, 2.05) is 68.4 Å². The maximum absolute atomic E-state index is 5.91. The van der Waals surface area contributed by atoms with Crippen LogP contribution in [-0.2, 0) is 4.74 Å². The summed E-state index contributed by atoms with van der Waals surface area (Å²) in [5.74, 6) is 1.92. The molecule has 2 aromatic rings. The van der Waals surface area contributed by atoms with E-state index < -0.39 is 0 Å². The molecule has 0 saturated carbocycles. The van der Waals surface area contributed by atoms with E-state index in [0.29, 0.717) is 19.1 Å². The largest absolute Gasteiger partial charge is 0.457 e. The van der Waals surface area contributed by atoms with E-state index in [9.17, 15) is 0 Å². The topological polar surface area (TPSA) is 68.9 Å². The van der Waals surface area contributed by atoms with Crippen molar-refractivity contribution in [2.24, 2.45) is 10.7 Å². The van der Waals surface area contributed by atoms with Gasteiger partial charge in [-0.05, 0) is 44.5 Å². The quantitative estimate of drug-likeness (QED) is 0.264. The molecule has 6 heteroatoms. The maximum atomic E-state index is 5.91. The van der Waals surface area contributed by atoms with Crippen LogP contribution in [0.5, 0.6) is 11.5 Å². The lowest BCUT2D eigenvalue weighted by Gasteiger charge is -2.09. The highest BCUT2D eigenvalue weighted by molar-refractivity contribution is 14.0. The molecule has 0 heterocycles. The van der Waals surface area contributed by atoms with Gasteiger partial charge in [-0.1, -0.05) is 24.3 Å². The summed E-state index contributed by atoms with van der Waals surface area (Å²) < 4.78 is 11.3. The molecule has 0 aromatic heterocycles. The average Bonchev–Trinajstić information content (AvgIpc) is 2.55. The molecule has 2 aromatic carbocycles. The molecule has 0 aliphatic carbocycles. The van der Waals surface area contributed by atoms with Crippen LogP contribution < -0.4 is 15.8 Å². The first-order chi connectivity index (χ1) is 11.6. The number of anilines is 1. The minimum Gasteiger partial charge on any atom is -0.457 e. The zero-order chi connectivity index (χ0) is 17.2. The number of rotatable bonds is 8. The lowest BCUT2D eigenvalue weighted by molar-refractivity contribution is 0.0783. The molecule has 3 N–H and O–H groups in total. The van der Waals surface area contributed by atoms with Crippen molar-refractivity contribution in [3.63, 3.8) is 0 Å². The normalized spacial score (nSPS) is 11.1. The van der Waals surface area contributed by atoms with Crippen molar-refractivity contribution >= 4 is 35.6 Å². The van der Waals surface area contributed by atoms with Gasteiger partial charge in [0, 0.05) is 24.9 Å². The molecule has 0 bridgehead atoms. The lowest BCUT2D eigenvalue weighted by Crippen LogP contribution is -2.23. The molecule has 25 heavy (non-hydrogen) atoms. The number of hydrogen-bond acceptors (Lipinski definition) is 3. The first kappa shape index (κ1) is 21.2. The van der Waals surface area contributed by atoms with Crippen LogP contribution in [0.25, 0.3) is 0 Å². The van der Waals surface area contributed by atoms with Gasteiger partial charge in [0.1, 0.15) is 11.5 Å². The summed E-state index contributed by atoms with van der Waals surface area (Å²) in [7, 11) is 0. The van der Waals surface area contributed by atoms with Gasteiger partial charge in [0.2, 0.25) is 0 Å². The van der Waals surface area contributed by atoms with Gasteiger partial charge in [0.25, 0.3) is 0 Å². The van der Waals surface area contributed by atoms with Gasteiger partial charge < -0.3 is 20.5 Å². The monoisotopic (exact) mass is 455 g/mol.